The number of benzene rings is 1. The smallest absolute Gasteiger partial charge is 0.367 e. The molecule has 0 spiro atoms. The molecule has 1 fully saturated rings. The maximum absolute atomic E-state index is 12.8. The van der Waals surface area contributed by atoms with Gasteiger partial charge in [-0.1, -0.05) is 20.8 Å². The van der Waals surface area contributed by atoms with Crippen LogP contribution in [0.4, 0.5) is 18.9 Å². The number of carbonyl (C=O) groups excluding carboxylic acids is 1. The third-order valence-electron chi connectivity index (χ3n) is 3.99. The summed E-state index contributed by atoms with van der Waals surface area (Å²) in [5.41, 5.74) is -0.813. The first kappa shape index (κ1) is 18.1. The van der Waals surface area contributed by atoms with Crippen molar-refractivity contribution in [3.63, 3.8) is 0 Å². The fraction of sp³-hybridized carbons (Fsp3) is 0.529. The second-order valence-electron chi connectivity index (χ2n) is 6.87. The van der Waals surface area contributed by atoms with Crippen LogP contribution in [-0.4, -0.2) is 37.0 Å². The van der Waals surface area contributed by atoms with Crippen molar-refractivity contribution in [2.45, 2.75) is 26.9 Å². The van der Waals surface area contributed by atoms with Crippen LogP contribution in [0.5, 0.6) is 0 Å². The van der Waals surface area contributed by atoms with Gasteiger partial charge in [-0.3, -0.25) is 4.79 Å². The van der Waals surface area contributed by atoms with E-state index in [4.69, 9.17) is 0 Å². The van der Waals surface area contributed by atoms with Gasteiger partial charge >= 0.3 is 6.18 Å². The first-order valence-corrected chi connectivity index (χ1v) is 7.69. The standard InChI is InChI=1S/C17H20F3N3O/c1-16(2,3)15(24)23-8-6-22(7-9-23)14-5-4-13(17(18,19)20)10-12(14)11-21/h4-5,10H,6-9H2,1-3H3. The van der Waals surface area contributed by atoms with Gasteiger partial charge in [0.05, 0.1) is 16.8 Å². The monoisotopic (exact) mass is 339 g/mol. The van der Waals surface area contributed by atoms with Crippen LogP contribution in [0.1, 0.15) is 31.9 Å². The van der Waals surface area contributed by atoms with E-state index in [0.717, 1.165) is 12.1 Å². The molecule has 0 radical (unpaired) electrons. The Labute approximate surface area is 139 Å². The van der Waals surface area contributed by atoms with Gasteiger partial charge in [-0.25, -0.2) is 0 Å². The average Bonchev–Trinajstić information content (AvgIpc) is 2.52. The Balaban J connectivity index is 2.15. The van der Waals surface area contributed by atoms with Gasteiger partial charge in [-0.15, -0.1) is 0 Å². The first-order chi connectivity index (χ1) is 11.0. The number of nitrogens with zero attached hydrogens (tertiary/aromatic N) is 3. The molecule has 0 unspecified atom stereocenters. The highest BCUT2D eigenvalue weighted by Crippen LogP contribution is 2.33. The number of rotatable bonds is 1. The minimum atomic E-state index is -4.47. The van der Waals surface area contributed by atoms with Crippen molar-refractivity contribution in [3.05, 3.63) is 29.3 Å². The summed E-state index contributed by atoms with van der Waals surface area (Å²) < 4.78 is 38.3. The number of hydrogen-bond donors (Lipinski definition) is 0. The van der Waals surface area contributed by atoms with Gasteiger partial charge in [0, 0.05) is 31.6 Å². The molecular weight excluding hydrogens is 319 g/mol. The summed E-state index contributed by atoms with van der Waals surface area (Å²) in [4.78, 5) is 15.9. The van der Waals surface area contributed by atoms with Gasteiger partial charge in [-0.2, -0.15) is 18.4 Å². The predicted molar refractivity (Wildman–Crippen MR) is 84.4 cm³/mol. The lowest BCUT2D eigenvalue weighted by atomic mass is 9.94. The van der Waals surface area contributed by atoms with Gasteiger partial charge < -0.3 is 9.80 Å². The third kappa shape index (κ3) is 3.81. The predicted octanol–water partition coefficient (Wildman–Crippen LogP) is 3.27. The number of anilines is 1. The Morgan fingerprint density at radius 2 is 1.71 bits per heavy atom. The Hall–Kier alpha value is -2.23. The van der Waals surface area contributed by atoms with Crippen molar-refractivity contribution in [3.8, 4) is 6.07 Å². The van der Waals surface area contributed by atoms with Crippen LogP contribution in [0.15, 0.2) is 18.2 Å². The zero-order chi connectivity index (χ0) is 18.1. The molecule has 1 heterocycles. The third-order valence-corrected chi connectivity index (χ3v) is 3.99. The number of hydrogen-bond acceptors (Lipinski definition) is 3. The maximum atomic E-state index is 12.8. The Bertz CT molecular complexity index is 663. The summed E-state index contributed by atoms with van der Waals surface area (Å²) in [5.74, 6) is 0.0510. The highest BCUT2D eigenvalue weighted by atomic mass is 19.4. The first-order valence-electron chi connectivity index (χ1n) is 7.69. The fourth-order valence-corrected chi connectivity index (χ4v) is 2.70. The normalized spacial score (nSPS) is 16.0. The molecule has 1 aliphatic rings. The van der Waals surface area contributed by atoms with Crippen LogP contribution >= 0.6 is 0 Å². The fourth-order valence-electron chi connectivity index (χ4n) is 2.70. The minimum absolute atomic E-state index is 0.000392. The summed E-state index contributed by atoms with van der Waals surface area (Å²) in [6.07, 6.45) is -4.47. The zero-order valence-electron chi connectivity index (χ0n) is 13.9. The van der Waals surface area contributed by atoms with Crippen molar-refractivity contribution in [1.29, 1.82) is 5.26 Å². The van der Waals surface area contributed by atoms with E-state index in [2.05, 4.69) is 0 Å². The lowest BCUT2D eigenvalue weighted by Gasteiger charge is -2.39. The molecule has 0 bridgehead atoms. The molecule has 1 amide bonds. The summed E-state index contributed by atoms with van der Waals surface area (Å²) in [6, 6.07) is 5.04. The summed E-state index contributed by atoms with van der Waals surface area (Å²) in [7, 11) is 0. The van der Waals surface area contributed by atoms with Crippen molar-refractivity contribution < 1.29 is 18.0 Å². The van der Waals surface area contributed by atoms with Crippen molar-refractivity contribution >= 4 is 11.6 Å². The van der Waals surface area contributed by atoms with Gasteiger partial charge in [0.1, 0.15) is 6.07 Å². The number of amides is 1. The van der Waals surface area contributed by atoms with E-state index in [-0.39, 0.29) is 11.5 Å². The topological polar surface area (TPSA) is 47.3 Å². The van der Waals surface area contributed by atoms with Crippen LogP contribution < -0.4 is 4.90 Å². The summed E-state index contributed by atoms with van der Waals surface area (Å²) >= 11 is 0. The van der Waals surface area contributed by atoms with Gasteiger partial charge in [0.15, 0.2) is 0 Å². The van der Waals surface area contributed by atoms with E-state index >= 15 is 0 Å². The molecule has 7 heteroatoms. The molecule has 1 aromatic rings. The maximum Gasteiger partial charge on any atom is 0.416 e. The largest absolute Gasteiger partial charge is 0.416 e. The Morgan fingerprint density at radius 3 is 2.17 bits per heavy atom. The molecular formula is C17H20F3N3O. The van der Waals surface area contributed by atoms with Gasteiger partial charge in [0.2, 0.25) is 5.91 Å². The number of piperazine rings is 1. The summed E-state index contributed by atoms with van der Waals surface area (Å²) in [6.45, 7) is 7.51. The number of alkyl halides is 3. The Morgan fingerprint density at radius 1 is 1.12 bits per heavy atom. The highest BCUT2D eigenvalue weighted by molar-refractivity contribution is 5.81. The van der Waals surface area contributed by atoms with Crippen LogP contribution in [0.25, 0.3) is 0 Å². The molecule has 0 atom stereocenters. The molecule has 2 rings (SSSR count). The molecule has 0 saturated carbocycles. The van der Waals surface area contributed by atoms with E-state index in [1.54, 1.807) is 4.90 Å². The molecule has 1 saturated heterocycles. The van der Waals surface area contributed by atoms with E-state index in [9.17, 15) is 23.2 Å². The lowest BCUT2D eigenvalue weighted by molar-refractivity contribution is -0.140. The van der Waals surface area contributed by atoms with E-state index < -0.39 is 17.2 Å². The second kappa shape index (κ2) is 6.34. The molecule has 0 aromatic heterocycles. The molecule has 1 aliphatic heterocycles. The van der Waals surface area contributed by atoms with E-state index in [1.165, 1.54) is 6.07 Å². The van der Waals surface area contributed by atoms with Crippen LogP contribution in [0.3, 0.4) is 0 Å². The van der Waals surface area contributed by atoms with E-state index in [1.807, 2.05) is 31.7 Å². The average molecular weight is 339 g/mol. The van der Waals surface area contributed by atoms with Crippen molar-refractivity contribution in [1.82, 2.24) is 4.90 Å². The molecule has 0 aliphatic carbocycles. The van der Waals surface area contributed by atoms with Crippen LogP contribution in [0.2, 0.25) is 0 Å². The van der Waals surface area contributed by atoms with Crippen molar-refractivity contribution in [2.24, 2.45) is 5.41 Å². The Kier molecular flexibility index (Phi) is 4.79. The lowest BCUT2D eigenvalue weighted by Crippen LogP contribution is -2.51. The van der Waals surface area contributed by atoms with Gasteiger partial charge in [-0.05, 0) is 18.2 Å². The molecule has 130 valence electrons. The van der Waals surface area contributed by atoms with Crippen LogP contribution in [0, 0.1) is 16.7 Å². The molecule has 24 heavy (non-hydrogen) atoms. The second-order valence-corrected chi connectivity index (χ2v) is 6.87. The van der Waals surface area contributed by atoms with Crippen molar-refractivity contribution in [2.75, 3.05) is 31.1 Å². The quantitative estimate of drug-likeness (QED) is 0.789. The highest BCUT2D eigenvalue weighted by Gasteiger charge is 2.33. The molecule has 0 N–H and O–H groups in total. The molecule has 1 aromatic carbocycles. The minimum Gasteiger partial charge on any atom is -0.367 e. The molecule has 4 nitrogen and oxygen atoms in total. The number of carbonyl (C=O) groups is 1. The summed E-state index contributed by atoms with van der Waals surface area (Å²) in [5, 5.41) is 9.18. The SMILES string of the molecule is CC(C)(C)C(=O)N1CCN(c2ccc(C(F)(F)F)cc2C#N)CC1. The van der Waals surface area contributed by atoms with Gasteiger partial charge in [0.25, 0.3) is 0 Å². The van der Waals surface area contributed by atoms with E-state index in [0.29, 0.717) is 31.9 Å². The number of halogens is 3. The number of nitriles is 1. The van der Waals surface area contributed by atoms with Crippen LogP contribution in [-0.2, 0) is 11.0 Å². The zero-order valence-corrected chi connectivity index (χ0v) is 13.9.